The van der Waals surface area contributed by atoms with Gasteiger partial charge in [0.15, 0.2) is 0 Å². The predicted octanol–water partition coefficient (Wildman–Crippen LogP) is 5.35. The quantitative estimate of drug-likeness (QED) is 0.237. The SMILES string of the molecule is O=C(NCc1ccc(S(=O)(=O)c2cccc(C(F)(F)F)c2)cc1)c1ccnc(C(F)(F)I)c1. The van der Waals surface area contributed by atoms with Crippen LogP contribution in [0.5, 0.6) is 0 Å². The summed E-state index contributed by atoms with van der Waals surface area (Å²) in [7, 11) is -4.20. The second kappa shape index (κ2) is 9.33. The average Bonchev–Trinajstić information content (AvgIpc) is 2.77. The van der Waals surface area contributed by atoms with Crippen molar-refractivity contribution in [3.63, 3.8) is 0 Å². The van der Waals surface area contributed by atoms with Gasteiger partial charge < -0.3 is 5.32 Å². The molecule has 0 radical (unpaired) electrons. The number of carbonyl (C=O) groups excluding carboxylic acids is 1. The molecule has 0 aliphatic carbocycles. The lowest BCUT2D eigenvalue weighted by molar-refractivity contribution is -0.137. The lowest BCUT2D eigenvalue weighted by Crippen LogP contribution is -2.23. The molecule has 5 nitrogen and oxygen atoms in total. The molecule has 1 heterocycles. The Morgan fingerprint density at radius 3 is 2.21 bits per heavy atom. The molecule has 1 amide bonds. The minimum atomic E-state index is -4.68. The number of pyridine rings is 1. The van der Waals surface area contributed by atoms with E-state index in [9.17, 15) is 35.2 Å². The zero-order chi connectivity index (χ0) is 24.4. The maximum absolute atomic E-state index is 13.4. The van der Waals surface area contributed by atoms with E-state index in [1.54, 1.807) is 0 Å². The van der Waals surface area contributed by atoms with Crippen LogP contribution < -0.4 is 5.32 Å². The van der Waals surface area contributed by atoms with Gasteiger partial charge in [0.05, 0.1) is 15.4 Å². The molecule has 1 aromatic heterocycles. The molecule has 0 saturated heterocycles. The van der Waals surface area contributed by atoms with E-state index in [0.717, 1.165) is 53.1 Å². The van der Waals surface area contributed by atoms with Crippen LogP contribution in [0.15, 0.2) is 76.7 Å². The first kappa shape index (κ1) is 25.0. The number of hydrogen-bond acceptors (Lipinski definition) is 4. The highest BCUT2D eigenvalue weighted by Crippen LogP contribution is 2.34. The fourth-order valence-electron chi connectivity index (χ4n) is 2.77. The van der Waals surface area contributed by atoms with Crippen LogP contribution >= 0.6 is 22.6 Å². The number of nitrogens with one attached hydrogen (secondary N) is 1. The molecule has 3 aromatic rings. The predicted molar refractivity (Wildman–Crippen MR) is 117 cm³/mol. The number of alkyl halides is 6. The van der Waals surface area contributed by atoms with Crippen molar-refractivity contribution in [3.05, 3.63) is 89.2 Å². The molecule has 0 saturated carbocycles. The van der Waals surface area contributed by atoms with E-state index in [1.807, 2.05) is 0 Å². The Morgan fingerprint density at radius 2 is 1.61 bits per heavy atom. The van der Waals surface area contributed by atoms with Crippen molar-refractivity contribution >= 4 is 38.3 Å². The number of aromatic nitrogens is 1. The van der Waals surface area contributed by atoms with Crippen LogP contribution in [0.25, 0.3) is 0 Å². The second-order valence-corrected chi connectivity index (χ2v) is 10.1. The van der Waals surface area contributed by atoms with Gasteiger partial charge in [-0.3, -0.25) is 9.78 Å². The molecule has 12 heteroatoms. The Labute approximate surface area is 199 Å². The van der Waals surface area contributed by atoms with Crippen LogP contribution in [0, 0.1) is 0 Å². The van der Waals surface area contributed by atoms with Crippen molar-refractivity contribution in [2.75, 3.05) is 0 Å². The summed E-state index contributed by atoms with van der Waals surface area (Å²) in [4.78, 5) is 15.1. The molecule has 0 aliphatic rings. The van der Waals surface area contributed by atoms with Gasteiger partial charge >= 0.3 is 10.1 Å². The van der Waals surface area contributed by atoms with Gasteiger partial charge in [-0.25, -0.2) is 8.42 Å². The van der Waals surface area contributed by atoms with Crippen LogP contribution in [0.4, 0.5) is 22.0 Å². The molecule has 0 bridgehead atoms. The van der Waals surface area contributed by atoms with Crippen LogP contribution in [-0.4, -0.2) is 19.3 Å². The van der Waals surface area contributed by atoms with Gasteiger partial charge in [0.2, 0.25) is 9.84 Å². The fourth-order valence-corrected chi connectivity index (χ4v) is 4.37. The molecule has 2 aromatic carbocycles. The van der Waals surface area contributed by atoms with Crippen molar-refractivity contribution in [1.29, 1.82) is 0 Å². The number of carbonyl (C=O) groups is 1. The number of sulfone groups is 1. The Bertz CT molecular complexity index is 1270. The van der Waals surface area contributed by atoms with Crippen molar-refractivity contribution in [1.82, 2.24) is 10.3 Å². The van der Waals surface area contributed by atoms with Crippen molar-refractivity contribution < 1.29 is 35.2 Å². The maximum atomic E-state index is 13.4. The summed E-state index contributed by atoms with van der Waals surface area (Å²) in [5.74, 6) is -0.639. The zero-order valence-corrected chi connectivity index (χ0v) is 19.4. The number of amides is 1. The van der Waals surface area contributed by atoms with E-state index in [-0.39, 0.29) is 17.0 Å². The summed E-state index contributed by atoms with van der Waals surface area (Å²) >= 11 is 0.900. The molecule has 0 unspecified atom stereocenters. The lowest BCUT2D eigenvalue weighted by Gasteiger charge is -2.11. The van der Waals surface area contributed by atoms with Gasteiger partial charge in [-0.2, -0.15) is 22.0 Å². The number of hydrogen-bond donors (Lipinski definition) is 1. The van der Waals surface area contributed by atoms with Gasteiger partial charge in [0.25, 0.3) is 5.91 Å². The Morgan fingerprint density at radius 1 is 0.939 bits per heavy atom. The zero-order valence-electron chi connectivity index (χ0n) is 16.4. The summed E-state index contributed by atoms with van der Waals surface area (Å²) in [6.45, 7) is -0.0407. The summed E-state index contributed by atoms with van der Waals surface area (Å²) in [6, 6.07) is 10.8. The molecule has 1 N–H and O–H groups in total. The van der Waals surface area contributed by atoms with E-state index in [0.29, 0.717) is 11.6 Å². The van der Waals surface area contributed by atoms with Gasteiger partial charge in [-0.15, -0.1) is 0 Å². The third kappa shape index (κ3) is 6.05. The summed E-state index contributed by atoms with van der Waals surface area (Å²) in [5.41, 5.74) is -1.19. The lowest BCUT2D eigenvalue weighted by atomic mass is 10.2. The highest BCUT2D eigenvalue weighted by Gasteiger charge is 2.32. The normalized spacial score (nSPS) is 12.4. The molecule has 174 valence electrons. The van der Waals surface area contributed by atoms with E-state index in [4.69, 9.17) is 0 Å². The monoisotopic (exact) mass is 596 g/mol. The first-order valence-corrected chi connectivity index (χ1v) is 11.7. The topological polar surface area (TPSA) is 76.1 Å². The molecular formula is C21H14F5IN2O3S. The van der Waals surface area contributed by atoms with Gasteiger partial charge in [-0.1, -0.05) is 18.2 Å². The molecular weight excluding hydrogens is 582 g/mol. The largest absolute Gasteiger partial charge is 0.416 e. The highest BCUT2D eigenvalue weighted by molar-refractivity contribution is 14.1. The number of halogens is 6. The first-order valence-electron chi connectivity index (χ1n) is 9.11. The van der Waals surface area contributed by atoms with Crippen LogP contribution in [0.3, 0.4) is 0 Å². The average molecular weight is 596 g/mol. The number of nitrogens with zero attached hydrogens (tertiary/aromatic N) is 1. The van der Waals surface area contributed by atoms with E-state index in [2.05, 4.69) is 10.3 Å². The summed E-state index contributed by atoms with van der Waals surface area (Å²) in [5, 5.41) is 2.52. The fraction of sp³-hybridized carbons (Fsp3) is 0.143. The van der Waals surface area contributed by atoms with Crippen molar-refractivity contribution in [2.45, 2.75) is 26.4 Å². The Hall–Kier alpha value is -2.61. The third-order valence-electron chi connectivity index (χ3n) is 4.47. The molecule has 0 atom stereocenters. The van der Waals surface area contributed by atoms with Crippen molar-refractivity contribution in [2.24, 2.45) is 0 Å². The van der Waals surface area contributed by atoms with E-state index < -0.39 is 42.0 Å². The smallest absolute Gasteiger partial charge is 0.348 e. The van der Waals surface area contributed by atoms with E-state index >= 15 is 0 Å². The summed E-state index contributed by atoms with van der Waals surface area (Å²) < 4.78 is 87.6. The van der Waals surface area contributed by atoms with Crippen molar-refractivity contribution in [3.8, 4) is 0 Å². The van der Waals surface area contributed by atoms with Gasteiger partial charge in [0.1, 0.15) is 5.69 Å². The van der Waals surface area contributed by atoms with Gasteiger partial charge in [-0.05, 0) is 48.0 Å². The Kier molecular flexibility index (Phi) is 7.07. The first-order chi connectivity index (χ1) is 15.3. The highest BCUT2D eigenvalue weighted by atomic mass is 127. The second-order valence-electron chi connectivity index (χ2n) is 6.78. The van der Waals surface area contributed by atoms with Crippen LogP contribution in [0.1, 0.15) is 27.2 Å². The molecule has 0 aliphatic heterocycles. The molecule has 0 fully saturated rings. The molecule has 33 heavy (non-hydrogen) atoms. The van der Waals surface area contributed by atoms with Crippen LogP contribution in [-0.2, 0) is 26.5 Å². The molecule has 0 spiro atoms. The molecule has 3 rings (SSSR count). The number of benzene rings is 2. The van der Waals surface area contributed by atoms with Gasteiger partial charge in [0, 0.05) is 40.9 Å². The minimum Gasteiger partial charge on any atom is -0.348 e. The van der Waals surface area contributed by atoms with Crippen LogP contribution in [0.2, 0.25) is 0 Å². The maximum Gasteiger partial charge on any atom is 0.416 e. The minimum absolute atomic E-state index is 0.0277. The summed E-state index contributed by atoms with van der Waals surface area (Å²) in [6.07, 6.45) is -3.60. The Balaban J connectivity index is 1.73. The number of rotatable bonds is 6. The van der Waals surface area contributed by atoms with E-state index in [1.165, 1.54) is 30.3 Å². The standard InChI is InChI=1S/C21H14F5IN2O3S/c22-20(23,24)15-2-1-3-17(11-15)33(31,32)16-6-4-13(5-7-16)12-29-19(30)14-8-9-28-18(10-14)21(25,26)27/h1-11H,12H2,(H,29,30). The third-order valence-corrected chi connectivity index (χ3v) is 6.79.